The van der Waals surface area contributed by atoms with Crippen LogP contribution in [0.2, 0.25) is 0 Å². The summed E-state index contributed by atoms with van der Waals surface area (Å²) >= 11 is 0. The number of rotatable bonds is 3. The zero-order chi connectivity index (χ0) is 14.1. The van der Waals surface area contributed by atoms with Gasteiger partial charge in [0, 0.05) is 18.6 Å². The molecule has 5 heteroatoms. The molecule has 5 nitrogen and oxygen atoms in total. The Balaban J connectivity index is 2.98. The second-order valence-electron chi connectivity index (χ2n) is 6.06. The first-order chi connectivity index (χ1) is 8.13. The quantitative estimate of drug-likeness (QED) is 0.770. The SMILES string of the molecule is CCC1C(=O)NCCN1C(=O)C(C)(C)C(C)(C)N. The molecule has 1 unspecified atom stereocenters. The van der Waals surface area contributed by atoms with Crippen LogP contribution in [0.5, 0.6) is 0 Å². The van der Waals surface area contributed by atoms with Gasteiger partial charge in [-0.15, -0.1) is 0 Å². The highest BCUT2D eigenvalue weighted by atomic mass is 16.2. The van der Waals surface area contributed by atoms with E-state index in [1.165, 1.54) is 0 Å². The number of carbonyl (C=O) groups excluding carboxylic acids is 2. The van der Waals surface area contributed by atoms with Crippen LogP contribution in [0.1, 0.15) is 41.0 Å². The molecule has 1 aliphatic rings. The Bertz CT molecular complexity index is 345. The summed E-state index contributed by atoms with van der Waals surface area (Å²) in [6.45, 7) is 10.4. The third-order valence-corrected chi connectivity index (χ3v) is 4.12. The summed E-state index contributed by atoms with van der Waals surface area (Å²) in [4.78, 5) is 26.1. The third-order valence-electron chi connectivity index (χ3n) is 4.12. The zero-order valence-corrected chi connectivity index (χ0v) is 12.0. The Labute approximate surface area is 109 Å². The summed E-state index contributed by atoms with van der Waals surface area (Å²) in [5.41, 5.74) is 4.77. The highest BCUT2D eigenvalue weighted by Gasteiger charge is 2.45. The van der Waals surface area contributed by atoms with Crippen molar-refractivity contribution in [2.75, 3.05) is 13.1 Å². The fourth-order valence-corrected chi connectivity index (χ4v) is 2.00. The Hall–Kier alpha value is -1.10. The van der Waals surface area contributed by atoms with E-state index in [0.717, 1.165) is 0 Å². The van der Waals surface area contributed by atoms with Gasteiger partial charge in [0.1, 0.15) is 6.04 Å². The number of nitrogens with zero attached hydrogens (tertiary/aromatic N) is 1. The lowest BCUT2D eigenvalue weighted by molar-refractivity contribution is -0.152. The lowest BCUT2D eigenvalue weighted by atomic mass is 9.73. The van der Waals surface area contributed by atoms with Crippen LogP contribution in [0.4, 0.5) is 0 Å². The summed E-state index contributed by atoms with van der Waals surface area (Å²) < 4.78 is 0. The monoisotopic (exact) mass is 255 g/mol. The van der Waals surface area contributed by atoms with Gasteiger partial charge in [-0.2, -0.15) is 0 Å². The Morgan fingerprint density at radius 1 is 1.44 bits per heavy atom. The molecule has 0 saturated carbocycles. The van der Waals surface area contributed by atoms with Crippen molar-refractivity contribution in [3.8, 4) is 0 Å². The minimum Gasteiger partial charge on any atom is -0.353 e. The van der Waals surface area contributed by atoms with E-state index < -0.39 is 11.0 Å². The smallest absolute Gasteiger partial charge is 0.242 e. The molecule has 1 fully saturated rings. The Kier molecular flexibility index (Phi) is 4.05. The van der Waals surface area contributed by atoms with Gasteiger partial charge in [0.15, 0.2) is 0 Å². The van der Waals surface area contributed by atoms with Crippen molar-refractivity contribution in [3.63, 3.8) is 0 Å². The second-order valence-corrected chi connectivity index (χ2v) is 6.06. The second kappa shape index (κ2) is 4.88. The molecule has 104 valence electrons. The molecule has 0 bridgehead atoms. The van der Waals surface area contributed by atoms with Crippen LogP contribution in [0, 0.1) is 5.41 Å². The number of nitrogens with two attached hydrogens (primary N) is 1. The van der Waals surface area contributed by atoms with Crippen LogP contribution < -0.4 is 11.1 Å². The lowest BCUT2D eigenvalue weighted by Crippen LogP contribution is -2.63. The number of nitrogens with one attached hydrogen (secondary N) is 1. The fraction of sp³-hybridized carbons (Fsp3) is 0.846. The molecular formula is C13H25N3O2. The van der Waals surface area contributed by atoms with Gasteiger partial charge in [-0.1, -0.05) is 6.92 Å². The van der Waals surface area contributed by atoms with E-state index in [9.17, 15) is 9.59 Å². The molecule has 0 aromatic rings. The van der Waals surface area contributed by atoms with E-state index in [4.69, 9.17) is 5.73 Å². The van der Waals surface area contributed by atoms with Crippen LogP contribution in [-0.2, 0) is 9.59 Å². The average molecular weight is 255 g/mol. The van der Waals surface area contributed by atoms with Crippen molar-refractivity contribution in [3.05, 3.63) is 0 Å². The Morgan fingerprint density at radius 2 is 2.00 bits per heavy atom. The van der Waals surface area contributed by atoms with Gasteiger partial charge in [0.2, 0.25) is 11.8 Å². The Morgan fingerprint density at radius 3 is 2.44 bits per heavy atom. The predicted octanol–water partition coefficient (Wildman–Crippen LogP) is 0.487. The summed E-state index contributed by atoms with van der Waals surface area (Å²) in [5, 5.41) is 2.79. The van der Waals surface area contributed by atoms with Gasteiger partial charge >= 0.3 is 0 Å². The van der Waals surface area contributed by atoms with Crippen molar-refractivity contribution >= 4 is 11.8 Å². The first-order valence-electron chi connectivity index (χ1n) is 6.50. The molecule has 3 N–H and O–H groups in total. The van der Waals surface area contributed by atoms with E-state index in [1.807, 2.05) is 34.6 Å². The van der Waals surface area contributed by atoms with E-state index >= 15 is 0 Å². The molecule has 0 aromatic heterocycles. The predicted molar refractivity (Wildman–Crippen MR) is 70.8 cm³/mol. The maximum absolute atomic E-state index is 12.6. The molecule has 1 aliphatic heterocycles. The summed E-state index contributed by atoms with van der Waals surface area (Å²) in [6, 6.07) is -0.368. The maximum Gasteiger partial charge on any atom is 0.242 e. The number of piperazine rings is 1. The summed E-state index contributed by atoms with van der Waals surface area (Å²) in [7, 11) is 0. The summed E-state index contributed by atoms with van der Waals surface area (Å²) in [6.07, 6.45) is 0.624. The van der Waals surface area contributed by atoms with Crippen molar-refractivity contribution in [2.24, 2.45) is 11.1 Å². The molecule has 0 radical (unpaired) electrons. The van der Waals surface area contributed by atoms with Crippen molar-refractivity contribution in [1.29, 1.82) is 0 Å². The molecule has 0 spiro atoms. The van der Waals surface area contributed by atoms with Gasteiger partial charge in [0.05, 0.1) is 5.41 Å². The molecule has 0 aliphatic carbocycles. The normalized spacial score (nSPS) is 21.8. The molecule has 1 atom stereocenters. The molecule has 18 heavy (non-hydrogen) atoms. The average Bonchev–Trinajstić information content (AvgIpc) is 2.26. The summed E-state index contributed by atoms with van der Waals surface area (Å²) in [5.74, 6) is -0.112. The molecule has 1 rings (SSSR count). The van der Waals surface area contributed by atoms with Gasteiger partial charge in [0.25, 0.3) is 0 Å². The number of hydrogen-bond acceptors (Lipinski definition) is 3. The molecule has 1 heterocycles. The van der Waals surface area contributed by atoms with Crippen molar-refractivity contribution in [2.45, 2.75) is 52.6 Å². The lowest BCUT2D eigenvalue weighted by Gasteiger charge is -2.44. The van der Waals surface area contributed by atoms with Crippen molar-refractivity contribution in [1.82, 2.24) is 10.2 Å². The van der Waals surface area contributed by atoms with Crippen LogP contribution >= 0.6 is 0 Å². The highest BCUT2D eigenvalue weighted by molar-refractivity contribution is 5.91. The van der Waals surface area contributed by atoms with Crippen LogP contribution in [0.3, 0.4) is 0 Å². The number of hydrogen-bond donors (Lipinski definition) is 2. The molecule has 1 saturated heterocycles. The molecular weight excluding hydrogens is 230 g/mol. The number of amides is 2. The van der Waals surface area contributed by atoms with Crippen LogP contribution in [-0.4, -0.2) is 41.4 Å². The largest absolute Gasteiger partial charge is 0.353 e. The van der Waals surface area contributed by atoms with Gasteiger partial charge in [-0.25, -0.2) is 0 Å². The van der Waals surface area contributed by atoms with E-state index in [-0.39, 0.29) is 17.9 Å². The van der Waals surface area contributed by atoms with E-state index in [2.05, 4.69) is 5.32 Å². The highest BCUT2D eigenvalue weighted by Crippen LogP contribution is 2.32. The molecule has 0 aromatic carbocycles. The molecule has 2 amide bonds. The third kappa shape index (κ3) is 2.51. The van der Waals surface area contributed by atoms with Gasteiger partial charge < -0.3 is 16.0 Å². The standard InChI is InChI=1S/C13H25N3O2/c1-6-9-10(17)15-7-8-16(9)11(18)12(2,3)13(4,5)14/h9H,6-8,14H2,1-5H3,(H,15,17). The first kappa shape index (κ1) is 15.0. The first-order valence-corrected chi connectivity index (χ1v) is 6.50. The maximum atomic E-state index is 12.6. The van der Waals surface area contributed by atoms with Crippen LogP contribution in [0.15, 0.2) is 0 Å². The van der Waals surface area contributed by atoms with E-state index in [0.29, 0.717) is 19.5 Å². The fourth-order valence-electron chi connectivity index (χ4n) is 2.00. The van der Waals surface area contributed by atoms with Gasteiger partial charge in [-0.3, -0.25) is 9.59 Å². The van der Waals surface area contributed by atoms with Crippen molar-refractivity contribution < 1.29 is 9.59 Å². The topological polar surface area (TPSA) is 75.4 Å². The minimum absolute atomic E-state index is 0.0447. The van der Waals surface area contributed by atoms with Crippen LogP contribution in [0.25, 0.3) is 0 Å². The van der Waals surface area contributed by atoms with E-state index in [1.54, 1.807) is 4.90 Å². The zero-order valence-electron chi connectivity index (χ0n) is 12.0. The van der Waals surface area contributed by atoms with Gasteiger partial charge in [-0.05, 0) is 34.1 Å². The minimum atomic E-state index is -0.696. The number of carbonyl (C=O) groups is 2.